The molecule has 0 saturated heterocycles. The maximum atomic E-state index is 10.4. The summed E-state index contributed by atoms with van der Waals surface area (Å²) in [6.45, 7) is 2.02. The van der Waals surface area contributed by atoms with Crippen LogP contribution in [0.4, 0.5) is 0 Å². The number of benzene rings is 1. The molecule has 0 aliphatic heterocycles. The summed E-state index contributed by atoms with van der Waals surface area (Å²) in [5, 5.41) is 16.8. The summed E-state index contributed by atoms with van der Waals surface area (Å²) < 4.78 is 2.79. The first-order valence-corrected chi connectivity index (χ1v) is 7.25. The highest BCUT2D eigenvalue weighted by Crippen LogP contribution is 2.22. The summed E-state index contributed by atoms with van der Waals surface area (Å²) in [5.41, 5.74) is 2.98. The molecule has 1 aromatic heterocycles. The summed E-state index contributed by atoms with van der Waals surface area (Å²) in [6, 6.07) is 5.94. The lowest BCUT2D eigenvalue weighted by atomic mass is 10.1. The van der Waals surface area contributed by atoms with Gasteiger partial charge in [0, 0.05) is 10.9 Å². The highest BCUT2D eigenvalue weighted by Gasteiger charge is 2.07. The molecule has 0 saturated carbocycles. The van der Waals surface area contributed by atoms with E-state index in [0.29, 0.717) is 6.42 Å². The van der Waals surface area contributed by atoms with Gasteiger partial charge in [-0.2, -0.15) is 0 Å². The zero-order chi connectivity index (χ0) is 14.5. The van der Waals surface area contributed by atoms with Crippen molar-refractivity contribution in [2.45, 2.75) is 32.6 Å². The quantitative estimate of drug-likeness (QED) is 0.822. The van der Waals surface area contributed by atoms with E-state index in [2.05, 4.69) is 26.2 Å². The molecule has 0 radical (unpaired) electrons. The molecule has 106 valence electrons. The van der Waals surface area contributed by atoms with E-state index < -0.39 is 5.97 Å². The number of nitrogens with zero attached hydrogens (tertiary/aromatic N) is 3. The van der Waals surface area contributed by atoms with Crippen LogP contribution in [-0.2, 0) is 11.2 Å². The molecule has 0 fully saturated rings. The average Bonchev–Trinajstić information content (AvgIpc) is 2.86. The monoisotopic (exact) mass is 337 g/mol. The molecular formula is C14H16BrN3O2. The van der Waals surface area contributed by atoms with Gasteiger partial charge < -0.3 is 5.11 Å². The van der Waals surface area contributed by atoms with E-state index in [9.17, 15) is 4.79 Å². The Balaban J connectivity index is 2.02. The first-order chi connectivity index (χ1) is 9.58. The number of hydrogen-bond donors (Lipinski definition) is 1. The number of aliphatic carboxylic acids is 1. The summed E-state index contributed by atoms with van der Waals surface area (Å²) >= 11 is 3.50. The van der Waals surface area contributed by atoms with Crippen LogP contribution in [0.1, 0.15) is 30.5 Å². The van der Waals surface area contributed by atoms with Gasteiger partial charge in [0.25, 0.3) is 0 Å². The zero-order valence-corrected chi connectivity index (χ0v) is 12.8. The molecule has 0 aliphatic carbocycles. The van der Waals surface area contributed by atoms with Crippen molar-refractivity contribution in [3.8, 4) is 5.69 Å². The molecule has 0 atom stereocenters. The maximum absolute atomic E-state index is 10.4. The number of rotatable bonds is 6. The van der Waals surface area contributed by atoms with Gasteiger partial charge in [0.1, 0.15) is 0 Å². The van der Waals surface area contributed by atoms with Crippen molar-refractivity contribution < 1.29 is 9.90 Å². The Morgan fingerprint density at radius 2 is 2.20 bits per heavy atom. The van der Waals surface area contributed by atoms with Gasteiger partial charge in [0.15, 0.2) is 0 Å². The first-order valence-electron chi connectivity index (χ1n) is 6.46. The predicted octanol–water partition coefficient (Wildman–Crippen LogP) is 3.14. The Morgan fingerprint density at radius 3 is 2.95 bits per heavy atom. The normalized spacial score (nSPS) is 10.7. The molecule has 5 nitrogen and oxygen atoms in total. The molecule has 1 N–H and O–H groups in total. The largest absolute Gasteiger partial charge is 0.481 e. The van der Waals surface area contributed by atoms with Gasteiger partial charge in [-0.3, -0.25) is 4.79 Å². The Morgan fingerprint density at radius 1 is 1.40 bits per heavy atom. The number of aromatic nitrogens is 3. The minimum absolute atomic E-state index is 0.207. The number of halogens is 1. The molecule has 6 heteroatoms. The Hall–Kier alpha value is -1.69. The number of hydrogen-bond acceptors (Lipinski definition) is 3. The minimum atomic E-state index is -0.751. The molecular weight excluding hydrogens is 322 g/mol. The van der Waals surface area contributed by atoms with Crippen LogP contribution >= 0.6 is 15.9 Å². The molecule has 0 spiro atoms. The molecule has 0 bridgehead atoms. The number of carbonyl (C=O) groups is 1. The highest BCUT2D eigenvalue weighted by atomic mass is 79.9. The van der Waals surface area contributed by atoms with Crippen LogP contribution in [0.2, 0.25) is 0 Å². The van der Waals surface area contributed by atoms with E-state index in [1.165, 1.54) is 0 Å². The molecule has 0 aliphatic rings. The van der Waals surface area contributed by atoms with Crippen molar-refractivity contribution >= 4 is 21.9 Å². The van der Waals surface area contributed by atoms with Crippen LogP contribution in [0.15, 0.2) is 28.9 Å². The second kappa shape index (κ2) is 6.65. The van der Waals surface area contributed by atoms with E-state index in [1.807, 2.05) is 31.3 Å². The average molecular weight is 338 g/mol. The number of carboxylic acids is 1. The van der Waals surface area contributed by atoms with Crippen molar-refractivity contribution in [2.24, 2.45) is 0 Å². The number of carboxylic acid groups (broad SMARTS) is 1. The second-order valence-electron chi connectivity index (χ2n) is 4.64. The number of aryl methyl sites for hydroxylation is 1. The lowest BCUT2D eigenvalue weighted by Gasteiger charge is -2.05. The SMILES string of the molecule is Cc1c(Br)cccc1-n1cc(CCCCC(=O)O)nn1. The third kappa shape index (κ3) is 3.66. The summed E-state index contributed by atoms with van der Waals surface area (Å²) in [7, 11) is 0. The summed E-state index contributed by atoms with van der Waals surface area (Å²) in [5.74, 6) is -0.751. The summed E-state index contributed by atoms with van der Waals surface area (Å²) in [4.78, 5) is 10.4. The van der Waals surface area contributed by atoms with Crippen LogP contribution in [0, 0.1) is 6.92 Å². The fourth-order valence-electron chi connectivity index (χ4n) is 1.96. The molecule has 0 unspecified atom stereocenters. The van der Waals surface area contributed by atoms with Crippen molar-refractivity contribution in [3.05, 3.63) is 40.1 Å². The second-order valence-corrected chi connectivity index (χ2v) is 5.49. The molecule has 1 aromatic carbocycles. The van der Waals surface area contributed by atoms with E-state index in [1.54, 1.807) is 4.68 Å². The fourth-order valence-corrected chi connectivity index (χ4v) is 2.31. The van der Waals surface area contributed by atoms with Crippen LogP contribution < -0.4 is 0 Å². The van der Waals surface area contributed by atoms with Gasteiger partial charge in [-0.05, 0) is 43.9 Å². The fraction of sp³-hybridized carbons (Fsp3) is 0.357. The first kappa shape index (κ1) is 14.7. The van der Waals surface area contributed by atoms with Crippen LogP contribution in [0.25, 0.3) is 5.69 Å². The Labute approximate surface area is 125 Å². The lowest BCUT2D eigenvalue weighted by Crippen LogP contribution is -1.98. The van der Waals surface area contributed by atoms with Crippen molar-refractivity contribution in [1.82, 2.24) is 15.0 Å². The predicted molar refractivity (Wildman–Crippen MR) is 79.0 cm³/mol. The van der Waals surface area contributed by atoms with Crippen LogP contribution in [0.3, 0.4) is 0 Å². The van der Waals surface area contributed by atoms with Crippen LogP contribution in [-0.4, -0.2) is 26.1 Å². The van der Waals surface area contributed by atoms with Crippen molar-refractivity contribution in [3.63, 3.8) is 0 Å². The third-order valence-electron chi connectivity index (χ3n) is 3.10. The smallest absolute Gasteiger partial charge is 0.303 e. The number of unbranched alkanes of at least 4 members (excludes halogenated alkanes) is 1. The van der Waals surface area contributed by atoms with Crippen molar-refractivity contribution in [1.29, 1.82) is 0 Å². The lowest BCUT2D eigenvalue weighted by molar-refractivity contribution is -0.137. The van der Waals surface area contributed by atoms with E-state index in [-0.39, 0.29) is 6.42 Å². The minimum Gasteiger partial charge on any atom is -0.481 e. The standard InChI is InChI=1S/C14H16BrN3O2/c1-10-12(15)6-4-7-13(10)18-9-11(16-17-18)5-2-3-8-14(19)20/h4,6-7,9H,2-3,5,8H2,1H3,(H,19,20). The van der Waals surface area contributed by atoms with Gasteiger partial charge in [-0.1, -0.05) is 27.2 Å². The van der Waals surface area contributed by atoms with Gasteiger partial charge in [0.05, 0.1) is 17.6 Å². The Bertz CT molecular complexity index is 610. The van der Waals surface area contributed by atoms with Gasteiger partial charge in [0.2, 0.25) is 0 Å². The zero-order valence-electron chi connectivity index (χ0n) is 11.2. The topological polar surface area (TPSA) is 68.0 Å². The van der Waals surface area contributed by atoms with E-state index in [0.717, 1.165) is 34.3 Å². The maximum Gasteiger partial charge on any atom is 0.303 e. The highest BCUT2D eigenvalue weighted by molar-refractivity contribution is 9.10. The van der Waals surface area contributed by atoms with Gasteiger partial charge in [-0.25, -0.2) is 4.68 Å². The van der Waals surface area contributed by atoms with E-state index >= 15 is 0 Å². The molecule has 0 amide bonds. The van der Waals surface area contributed by atoms with Gasteiger partial charge in [-0.15, -0.1) is 5.10 Å². The Kier molecular flexibility index (Phi) is 4.89. The van der Waals surface area contributed by atoms with E-state index in [4.69, 9.17) is 5.11 Å². The molecule has 2 aromatic rings. The third-order valence-corrected chi connectivity index (χ3v) is 3.96. The molecule has 2 rings (SSSR count). The van der Waals surface area contributed by atoms with Crippen molar-refractivity contribution in [2.75, 3.05) is 0 Å². The van der Waals surface area contributed by atoms with Gasteiger partial charge >= 0.3 is 5.97 Å². The molecule has 1 heterocycles. The summed E-state index contributed by atoms with van der Waals surface area (Å²) in [6.07, 6.45) is 4.33. The molecule has 20 heavy (non-hydrogen) atoms. The van der Waals surface area contributed by atoms with Crippen LogP contribution in [0.5, 0.6) is 0 Å².